The van der Waals surface area contributed by atoms with Gasteiger partial charge in [-0.25, -0.2) is 9.37 Å². The first-order chi connectivity index (χ1) is 10.1. The van der Waals surface area contributed by atoms with E-state index in [1.54, 1.807) is 24.7 Å². The lowest BCUT2D eigenvalue weighted by Crippen LogP contribution is -2.13. The molecule has 0 saturated carbocycles. The maximum atomic E-state index is 13.2. The molecule has 6 nitrogen and oxygen atoms in total. The van der Waals surface area contributed by atoms with Gasteiger partial charge in [0.25, 0.3) is 0 Å². The van der Waals surface area contributed by atoms with E-state index in [4.69, 9.17) is 10.3 Å². The molecule has 0 fully saturated rings. The first-order valence-electron chi connectivity index (χ1n) is 6.15. The second kappa shape index (κ2) is 5.74. The molecule has 3 rings (SSSR count). The average Bonchev–Trinajstić information content (AvgIpc) is 3.12. The van der Waals surface area contributed by atoms with E-state index in [-0.39, 0.29) is 5.82 Å². The molecule has 0 aliphatic heterocycles. The Labute approximate surface area is 127 Å². The molecule has 0 spiro atoms. The quantitative estimate of drug-likeness (QED) is 0.753. The maximum absolute atomic E-state index is 13.2. The number of nitrogens with one attached hydrogen (secondary N) is 1. The van der Waals surface area contributed by atoms with Crippen LogP contribution in [0.15, 0.2) is 39.7 Å². The molecular weight excluding hydrogens is 341 g/mol. The Morgan fingerprint density at radius 3 is 3.00 bits per heavy atom. The summed E-state index contributed by atoms with van der Waals surface area (Å²) in [6.45, 7) is 0. The van der Waals surface area contributed by atoms with Crippen LogP contribution in [0.3, 0.4) is 0 Å². The molecule has 21 heavy (non-hydrogen) atoms. The summed E-state index contributed by atoms with van der Waals surface area (Å²) in [5.41, 5.74) is 7.55. The van der Waals surface area contributed by atoms with Crippen LogP contribution >= 0.6 is 15.9 Å². The molecule has 0 aliphatic carbocycles. The van der Waals surface area contributed by atoms with Crippen molar-refractivity contribution in [1.82, 2.24) is 20.1 Å². The van der Waals surface area contributed by atoms with E-state index in [0.29, 0.717) is 28.2 Å². The number of hydrogen-bond acceptors (Lipinski definition) is 5. The summed E-state index contributed by atoms with van der Waals surface area (Å²) in [6, 6.07) is 4.06. The van der Waals surface area contributed by atoms with Gasteiger partial charge < -0.3 is 15.2 Å². The van der Waals surface area contributed by atoms with Gasteiger partial charge in [0, 0.05) is 23.9 Å². The Bertz CT molecular complexity index is 743. The zero-order valence-corrected chi connectivity index (χ0v) is 12.3. The Morgan fingerprint density at radius 1 is 1.43 bits per heavy atom. The van der Waals surface area contributed by atoms with Crippen molar-refractivity contribution >= 4 is 15.9 Å². The van der Waals surface area contributed by atoms with Gasteiger partial charge in [0.05, 0.1) is 16.8 Å². The number of hydrogen-bond donors (Lipinski definition) is 2. The number of halogens is 2. The molecular formula is C13H11BrFN5O. The molecule has 0 unspecified atom stereocenters. The fraction of sp³-hybridized carbons (Fsp3) is 0.154. The molecule has 8 heteroatoms. The minimum atomic E-state index is -0.435. The summed E-state index contributed by atoms with van der Waals surface area (Å²) in [5.74, 6) is 0.337. The fourth-order valence-corrected chi connectivity index (χ4v) is 2.24. The van der Waals surface area contributed by atoms with E-state index in [1.807, 2.05) is 0 Å². The van der Waals surface area contributed by atoms with Crippen LogP contribution in [0.1, 0.15) is 17.6 Å². The summed E-state index contributed by atoms with van der Waals surface area (Å²) in [5, 5.41) is 3.87. The first kappa shape index (κ1) is 13.9. The van der Waals surface area contributed by atoms with Crippen molar-refractivity contribution in [3.63, 3.8) is 0 Å². The lowest BCUT2D eigenvalue weighted by Gasteiger charge is -2.03. The second-order valence-electron chi connectivity index (χ2n) is 4.47. The van der Waals surface area contributed by atoms with Crippen molar-refractivity contribution in [2.45, 2.75) is 12.5 Å². The van der Waals surface area contributed by atoms with Crippen molar-refractivity contribution < 1.29 is 8.91 Å². The maximum Gasteiger partial charge on any atom is 0.244 e. The van der Waals surface area contributed by atoms with Gasteiger partial charge in [0.15, 0.2) is 0 Å². The Kier molecular flexibility index (Phi) is 3.80. The van der Waals surface area contributed by atoms with E-state index in [0.717, 1.165) is 5.69 Å². The van der Waals surface area contributed by atoms with Crippen LogP contribution in [0.25, 0.3) is 11.4 Å². The van der Waals surface area contributed by atoms with Gasteiger partial charge in [0.1, 0.15) is 5.82 Å². The molecule has 3 N–H and O–H groups in total. The highest BCUT2D eigenvalue weighted by molar-refractivity contribution is 9.10. The van der Waals surface area contributed by atoms with Crippen LogP contribution in [0.5, 0.6) is 0 Å². The number of nitrogens with two attached hydrogens (primary N) is 1. The zero-order chi connectivity index (χ0) is 14.8. The summed E-state index contributed by atoms with van der Waals surface area (Å²) >= 11 is 3.12. The molecule has 108 valence electrons. The third-order valence-electron chi connectivity index (χ3n) is 2.93. The van der Waals surface area contributed by atoms with Crippen molar-refractivity contribution in [1.29, 1.82) is 0 Å². The van der Waals surface area contributed by atoms with Crippen LogP contribution in [-0.2, 0) is 6.42 Å². The van der Waals surface area contributed by atoms with Gasteiger partial charge in [-0.1, -0.05) is 5.16 Å². The number of aromatic amines is 1. The summed E-state index contributed by atoms with van der Waals surface area (Å²) < 4.78 is 18.7. The molecule has 0 aliphatic rings. The van der Waals surface area contributed by atoms with Gasteiger partial charge in [-0.2, -0.15) is 4.98 Å². The lowest BCUT2D eigenvalue weighted by molar-refractivity contribution is 0.354. The van der Waals surface area contributed by atoms with Crippen molar-refractivity contribution in [2.24, 2.45) is 5.73 Å². The van der Waals surface area contributed by atoms with E-state index in [2.05, 4.69) is 36.0 Å². The first-order valence-corrected chi connectivity index (χ1v) is 6.94. The van der Waals surface area contributed by atoms with E-state index in [1.165, 1.54) is 6.07 Å². The third kappa shape index (κ3) is 3.01. The van der Waals surface area contributed by atoms with E-state index in [9.17, 15) is 4.39 Å². The summed E-state index contributed by atoms with van der Waals surface area (Å²) in [4.78, 5) is 11.1. The van der Waals surface area contributed by atoms with Crippen molar-refractivity contribution in [3.8, 4) is 11.4 Å². The zero-order valence-electron chi connectivity index (χ0n) is 10.8. The monoisotopic (exact) mass is 351 g/mol. The lowest BCUT2D eigenvalue weighted by atomic mass is 10.2. The van der Waals surface area contributed by atoms with E-state index >= 15 is 0 Å². The number of benzene rings is 1. The highest BCUT2D eigenvalue weighted by atomic mass is 79.9. The predicted molar refractivity (Wildman–Crippen MR) is 76.6 cm³/mol. The minimum absolute atomic E-state index is 0.319. The Hall–Kier alpha value is -2.06. The molecule has 1 aromatic carbocycles. The second-order valence-corrected chi connectivity index (χ2v) is 5.33. The molecule has 0 radical (unpaired) electrons. The van der Waals surface area contributed by atoms with Crippen LogP contribution in [-0.4, -0.2) is 20.1 Å². The molecule has 2 aromatic heterocycles. The van der Waals surface area contributed by atoms with Crippen molar-refractivity contribution in [3.05, 3.63) is 52.6 Å². The number of imidazole rings is 1. The van der Waals surface area contributed by atoms with Crippen LogP contribution < -0.4 is 5.73 Å². The molecule has 0 amide bonds. The van der Waals surface area contributed by atoms with Gasteiger partial charge in [0.2, 0.25) is 11.7 Å². The van der Waals surface area contributed by atoms with Crippen LogP contribution in [0, 0.1) is 5.82 Å². The number of aromatic nitrogens is 4. The van der Waals surface area contributed by atoms with Gasteiger partial charge in [-0.05, 0) is 34.1 Å². The fourth-order valence-electron chi connectivity index (χ4n) is 1.86. The third-order valence-corrected chi connectivity index (χ3v) is 3.54. The van der Waals surface area contributed by atoms with Gasteiger partial charge in [-0.15, -0.1) is 0 Å². The molecule has 0 bridgehead atoms. The molecule has 0 saturated heterocycles. The SMILES string of the molecule is N[C@H](Cc1cnc[nH]1)c1nc(-c2ccc(F)c(Br)c2)no1. The number of nitrogens with zero attached hydrogens (tertiary/aromatic N) is 3. The molecule has 3 aromatic rings. The topological polar surface area (TPSA) is 93.6 Å². The van der Waals surface area contributed by atoms with Gasteiger partial charge >= 0.3 is 0 Å². The summed E-state index contributed by atoms with van der Waals surface area (Å²) in [6.07, 6.45) is 3.78. The van der Waals surface area contributed by atoms with Gasteiger partial charge in [-0.3, -0.25) is 0 Å². The average molecular weight is 352 g/mol. The highest BCUT2D eigenvalue weighted by Crippen LogP contribution is 2.24. The molecule has 1 atom stereocenters. The normalized spacial score (nSPS) is 12.5. The number of H-pyrrole nitrogens is 1. The minimum Gasteiger partial charge on any atom is -0.348 e. The predicted octanol–water partition coefficient (Wildman–Crippen LogP) is 2.60. The Morgan fingerprint density at radius 2 is 2.29 bits per heavy atom. The highest BCUT2D eigenvalue weighted by Gasteiger charge is 2.17. The standard InChI is InChI=1S/C13H11BrFN5O/c14-9-3-7(1-2-10(9)15)12-19-13(21-20-12)11(16)4-8-5-17-6-18-8/h1-3,5-6,11H,4,16H2,(H,17,18)/t11-/m1/s1. The Balaban J connectivity index is 1.80. The van der Waals surface area contributed by atoms with Crippen LogP contribution in [0.4, 0.5) is 4.39 Å². The molecule has 2 heterocycles. The van der Waals surface area contributed by atoms with Crippen molar-refractivity contribution in [2.75, 3.05) is 0 Å². The number of rotatable bonds is 4. The smallest absolute Gasteiger partial charge is 0.244 e. The largest absolute Gasteiger partial charge is 0.348 e. The summed E-state index contributed by atoms with van der Waals surface area (Å²) in [7, 11) is 0. The van der Waals surface area contributed by atoms with Crippen LogP contribution in [0.2, 0.25) is 0 Å². The van der Waals surface area contributed by atoms with E-state index < -0.39 is 6.04 Å².